The predicted octanol–water partition coefficient (Wildman–Crippen LogP) is 3.28. The number of benzene rings is 1. The highest BCUT2D eigenvalue weighted by molar-refractivity contribution is 5.56. The largest absolute Gasteiger partial charge is 0.384 e. The first-order valence-electron chi connectivity index (χ1n) is 6.76. The SMILES string of the molecule is CCCC(C)N(C)Cc1ccc2c(c1)NCC2. The molecule has 0 amide bonds. The van der Waals surface area contributed by atoms with E-state index in [2.05, 4.69) is 49.3 Å². The van der Waals surface area contributed by atoms with Gasteiger partial charge in [-0.25, -0.2) is 0 Å². The van der Waals surface area contributed by atoms with Crippen LogP contribution in [0.4, 0.5) is 5.69 Å². The van der Waals surface area contributed by atoms with Crippen molar-refractivity contribution >= 4 is 5.69 Å². The van der Waals surface area contributed by atoms with Crippen LogP contribution < -0.4 is 5.32 Å². The zero-order chi connectivity index (χ0) is 12.3. The number of anilines is 1. The summed E-state index contributed by atoms with van der Waals surface area (Å²) in [5.41, 5.74) is 4.24. The zero-order valence-electron chi connectivity index (χ0n) is 11.3. The van der Waals surface area contributed by atoms with Gasteiger partial charge in [0.1, 0.15) is 0 Å². The van der Waals surface area contributed by atoms with Crippen molar-refractivity contribution in [2.45, 2.75) is 45.7 Å². The van der Waals surface area contributed by atoms with Crippen LogP contribution in [0.1, 0.15) is 37.8 Å². The summed E-state index contributed by atoms with van der Waals surface area (Å²) in [6, 6.07) is 7.54. The first-order chi connectivity index (χ1) is 8.20. The maximum absolute atomic E-state index is 3.45. The normalized spacial score (nSPS) is 15.8. The zero-order valence-corrected chi connectivity index (χ0v) is 11.3. The van der Waals surface area contributed by atoms with E-state index in [0.29, 0.717) is 6.04 Å². The Hall–Kier alpha value is -1.02. The second-order valence-electron chi connectivity index (χ2n) is 5.22. The van der Waals surface area contributed by atoms with E-state index in [9.17, 15) is 0 Å². The first-order valence-corrected chi connectivity index (χ1v) is 6.76. The van der Waals surface area contributed by atoms with Crippen LogP contribution in [0.15, 0.2) is 18.2 Å². The minimum absolute atomic E-state index is 0.668. The molecule has 0 spiro atoms. The Morgan fingerprint density at radius 1 is 1.41 bits per heavy atom. The summed E-state index contributed by atoms with van der Waals surface area (Å²) in [4.78, 5) is 2.44. The van der Waals surface area contributed by atoms with E-state index >= 15 is 0 Å². The quantitative estimate of drug-likeness (QED) is 0.838. The van der Waals surface area contributed by atoms with Crippen molar-refractivity contribution in [2.24, 2.45) is 0 Å². The van der Waals surface area contributed by atoms with Gasteiger partial charge < -0.3 is 5.32 Å². The summed E-state index contributed by atoms with van der Waals surface area (Å²) in [7, 11) is 2.22. The van der Waals surface area contributed by atoms with E-state index < -0.39 is 0 Å². The smallest absolute Gasteiger partial charge is 0.0376 e. The molecule has 17 heavy (non-hydrogen) atoms. The Labute approximate surface area is 105 Å². The number of fused-ring (bicyclic) bond motifs is 1. The van der Waals surface area contributed by atoms with Crippen LogP contribution >= 0.6 is 0 Å². The van der Waals surface area contributed by atoms with E-state index in [1.807, 2.05) is 0 Å². The van der Waals surface area contributed by atoms with Crippen molar-refractivity contribution in [3.8, 4) is 0 Å². The Morgan fingerprint density at radius 3 is 3.00 bits per heavy atom. The number of nitrogens with one attached hydrogen (secondary N) is 1. The summed E-state index contributed by atoms with van der Waals surface area (Å²) < 4.78 is 0. The van der Waals surface area contributed by atoms with Gasteiger partial charge in [0.15, 0.2) is 0 Å². The van der Waals surface area contributed by atoms with Gasteiger partial charge in [0.05, 0.1) is 0 Å². The molecule has 1 heterocycles. The summed E-state index contributed by atoms with van der Waals surface area (Å²) >= 11 is 0. The maximum atomic E-state index is 3.45. The van der Waals surface area contributed by atoms with Crippen LogP contribution in [0.2, 0.25) is 0 Å². The Kier molecular flexibility index (Phi) is 4.06. The summed E-state index contributed by atoms with van der Waals surface area (Å²) in [5, 5.41) is 3.45. The molecular weight excluding hydrogens is 208 g/mol. The van der Waals surface area contributed by atoms with Crippen molar-refractivity contribution in [3.63, 3.8) is 0 Å². The van der Waals surface area contributed by atoms with Gasteiger partial charge in [0, 0.05) is 24.8 Å². The van der Waals surface area contributed by atoms with Gasteiger partial charge in [0.2, 0.25) is 0 Å². The average molecular weight is 232 g/mol. The minimum Gasteiger partial charge on any atom is -0.384 e. The fourth-order valence-corrected chi connectivity index (χ4v) is 2.52. The molecule has 0 saturated heterocycles. The molecule has 94 valence electrons. The van der Waals surface area contributed by atoms with Crippen LogP contribution in [0, 0.1) is 0 Å². The molecule has 0 saturated carbocycles. The molecule has 0 aromatic heterocycles. The fourth-order valence-electron chi connectivity index (χ4n) is 2.52. The lowest BCUT2D eigenvalue weighted by molar-refractivity contribution is 0.237. The number of hydrogen-bond acceptors (Lipinski definition) is 2. The number of rotatable bonds is 5. The third-order valence-corrected chi connectivity index (χ3v) is 3.77. The summed E-state index contributed by atoms with van der Waals surface area (Å²) in [6.07, 6.45) is 3.72. The van der Waals surface area contributed by atoms with Gasteiger partial charge in [-0.05, 0) is 44.0 Å². The van der Waals surface area contributed by atoms with Crippen LogP contribution in [-0.2, 0) is 13.0 Å². The van der Waals surface area contributed by atoms with E-state index in [0.717, 1.165) is 13.1 Å². The first kappa shape index (κ1) is 12.4. The number of nitrogens with zero attached hydrogens (tertiary/aromatic N) is 1. The molecule has 2 rings (SSSR count). The van der Waals surface area contributed by atoms with Crippen molar-refractivity contribution < 1.29 is 0 Å². The molecule has 2 nitrogen and oxygen atoms in total. The third-order valence-electron chi connectivity index (χ3n) is 3.77. The highest BCUT2D eigenvalue weighted by atomic mass is 15.1. The molecule has 0 fully saturated rings. The highest BCUT2D eigenvalue weighted by Gasteiger charge is 2.12. The Bertz CT molecular complexity index is 373. The van der Waals surface area contributed by atoms with Gasteiger partial charge in [-0.1, -0.05) is 25.5 Å². The van der Waals surface area contributed by atoms with Gasteiger partial charge in [0.25, 0.3) is 0 Å². The molecular formula is C15H24N2. The monoisotopic (exact) mass is 232 g/mol. The van der Waals surface area contributed by atoms with Crippen molar-refractivity contribution in [3.05, 3.63) is 29.3 Å². The second kappa shape index (κ2) is 5.54. The van der Waals surface area contributed by atoms with Gasteiger partial charge in [-0.15, -0.1) is 0 Å². The lowest BCUT2D eigenvalue weighted by Gasteiger charge is -2.24. The van der Waals surface area contributed by atoms with Gasteiger partial charge in [-0.2, -0.15) is 0 Å². The van der Waals surface area contributed by atoms with Crippen LogP contribution in [0.25, 0.3) is 0 Å². The molecule has 1 unspecified atom stereocenters. The molecule has 0 radical (unpaired) electrons. The Morgan fingerprint density at radius 2 is 2.24 bits per heavy atom. The molecule has 1 aliphatic heterocycles. The topological polar surface area (TPSA) is 15.3 Å². The standard InChI is InChI=1S/C15H24N2/c1-4-5-12(2)17(3)11-13-6-7-14-8-9-16-15(14)10-13/h6-7,10,12,16H,4-5,8-9,11H2,1-3H3. The van der Waals surface area contributed by atoms with Gasteiger partial charge >= 0.3 is 0 Å². The highest BCUT2D eigenvalue weighted by Crippen LogP contribution is 2.24. The van der Waals surface area contributed by atoms with Gasteiger partial charge in [-0.3, -0.25) is 4.90 Å². The fraction of sp³-hybridized carbons (Fsp3) is 0.600. The average Bonchev–Trinajstić information content (AvgIpc) is 2.76. The predicted molar refractivity (Wildman–Crippen MR) is 74.5 cm³/mol. The second-order valence-corrected chi connectivity index (χ2v) is 5.22. The van der Waals surface area contributed by atoms with Crippen LogP contribution in [-0.4, -0.2) is 24.5 Å². The van der Waals surface area contributed by atoms with E-state index in [4.69, 9.17) is 0 Å². The van der Waals surface area contributed by atoms with Crippen LogP contribution in [0.5, 0.6) is 0 Å². The molecule has 2 heteroatoms. The Balaban J connectivity index is 1.99. The lowest BCUT2D eigenvalue weighted by atomic mass is 10.1. The van der Waals surface area contributed by atoms with Crippen LogP contribution in [0.3, 0.4) is 0 Å². The molecule has 0 bridgehead atoms. The molecule has 1 N–H and O–H groups in total. The summed E-state index contributed by atoms with van der Waals surface area (Å²) in [6.45, 7) is 6.72. The van der Waals surface area contributed by atoms with E-state index in [1.54, 1.807) is 0 Å². The molecule has 1 atom stereocenters. The molecule has 1 aromatic carbocycles. The third kappa shape index (κ3) is 3.01. The maximum Gasteiger partial charge on any atom is 0.0376 e. The van der Waals surface area contributed by atoms with Crippen molar-refractivity contribution in [1.29, 1.82) is 0 Å². The summed E-state index contributed by atoms with van der Waals surface area (Å²) in [5.74, 6) is 0. The van der Waals surface area contributed by atoms with E-state index in [1.165, 1.54) is 36.1 Å². The molecule has 1 aromatic rings. The van der Waals surface area contributed by atoms with Crippen molar-refractivity contribution in [2.75, 3.05) is 18.9 Å². The molecule has 0 aliphatic carbocycles. The number of hydrogen-bond donors (Lipinski definition) is 1. The molecule has 1 aliphatic rings. The minimum atomic E-state index is 0.668. The van der Waals surface area contributed by atoms with E-state index in [-0.39, 0.29) is 0 Å². The van der Waals surface area contributed by atoms with Crippen molar-refractivity contribution in [1.82, 2.24) is 4.90 Å². The lowest BCUT2D eigenvalue weighted by Crippen LogP contribution is -2.28.